The van der Waals surface area contributed by atoms with Gasteiger partial charge in [0.15, 0.2) is 0 Å². The SMILES string of the molecule is CCCNC(C)(C#N)CCCCN(CCOC)C(C)C. The van der Waals surface area contributed by atoms with E-state index in [9.17, 15) is 5.26 Å². The van der Waals surface area contributed by atoms with E-state index >= 15 is 0 Å². The summed E-state index contributed by atoms with van der Waals surface area (Å²) in [5.41, 5.74) is -0.370. The smallest absolute Gasteiger partial charge is 0.103 e. The number of hydrogen-bond donors (Lipinski definition) is 1. The molecule has 0 saturated heterocycles. The van der Waals surface area contributed by atoms with E-state index in [0.717, 1.165) is 51.9 Å². The van der Waals surface area contributed by atoms with Crippen LogP contribution < -0.4 is 5.32 Å². The van der Waals surface area contributed by atoms with Crippen molar-refractivity contribution in [2.24, 2.45) is 0 Å². The van der Waals surface area contributed by atoms with Crippen LogP contribution in [0.4, 0.5) is 0 Å². The van der Waals surface area contributed by atoms with Crippen LogP contribution in [-0.2, 0) is 4.74 Å². The fourth-order valence-corrected chi connectivity index (χ4v) is 2.21. The molecular formula is C16H33N3O. The second-order valence-corrected chi connectivity index (χ2v) is 5.95. The lowest BCUT2D eigenvalue weighted by atomic mass is 9.96. The Morgan fingerprint density at radius 3 is 2.50 bits per heavy atom. The molecule has 0 aliphatic rings. The predicted octanol–water partition coefficient (Wildman–Crippen LogP) is 2.80. The second-order valence-electron chi connectivity index (χ2n) is 5.95. The van der Waals surface area contributed by atoms with E-state index < -0.39 is 0 Å². The first-order valence-corrected chi connectivity index (χ1v) is 7.88. The van der Waals surface area contributed by atoms with Crippen LogP contribution in [-0.4, -0.2) is 49.8 Å². The topological polar surface area (TPSA) is 48.3 Å². The number of rotatable bonds is 12. The lowest BCUT2D eigenvalue weighted by Crippen LogP contribution is -2.41. The van der Waals surface area contributed by atoms with Gasteiger partial charge in [0.2, 0.25) is 0 Å². The molecule has 0 bridgehead atoms. The summed E-state index contributed by atoms with van der Waals surface area (Å²) in [5.74, 6) is 0. The molecule has 1 N–H and O–H groups in total. The lowest BCUT2D eigenvalue weighted by molar-refractivity contribution is 0.127. The van der Waals surface area contributed by atoms with Gasteiger partial charge in [-0.05, 0) is 59.5 Å². The van der Waals surface area contributed by atoms with Crippen molar-refractivity contribution in [2.45, 2.75) is 65.0 Å². The third-order valence-electron chi connectivity index (χ3n) is 3.70. The number of nitriles is 1. The van der Waals surface area contributed by atoms with Crippen LogP contribution >= 0.6 is 0 Å². The molecule has 1 unspecified atom stereocenters. The number of methoxy groups -OCH3 is 1. The Balaban J connectivity index is 3.99. The molecule has 0 spiro atoms. The Morgan fingerprint density at radius 2 is 2.00 bits per heavy atom. The Kier molecular flexibility index (Phi) is 10.7. The number of nitrogens with zero attached hydrogens (tertiary/aromatic N) is 2. The molecule has 0 aromatic heterocycles. The Hall–Kier alpha value is -0.630. The molecule has 0 aromatic rings. The summed E-state index contributed by atoms with van der Waals surface area (Å²) in [6.45, 7) is 12.3. The molecule has 4 nitrogen and oxygen atoms in total. The minimum Gasteiger partial charge on any atom is -0.383 e. The summed E-state index contributed by atoms with van der Waals surface area (Å²) in [6, 6.07) is 2.96. The summed E-state index contributed by atoms with van der Waals surface area (Å²) in [5, 5.41) is 12.6. The molecule has 0 fully saturated rings. The van der Waals surface area contributed by atoms with Crippen molar-refractivity contribution in [3.8, 4) is 6.07 Å². The number of nitrogens with one attached hydrogen (secondary N) is 1. The van der Waals surface area contributed by atoms with Crippen molar-refractivity contribution < 1.29 is 4.74 Å². The van der Waals surface area contributed by atoms with E-state index in [4.69, 9.17) is 4.74 Å². The fraction of sp³-hybridized carbons (Fsp3) is 0.938. The van der Waals surface area contributed by atoms with Crippen LogP contribution in [0.3, 0.4) is 0 Å². The van der Waals surface area contributed by atoms with Crippen LogP contribution in [0.1, 0.15) is 53.4 Å². The van der Waals surface area contributed by atoms with Crippen molar-refractivity contribution >= 4 is 0 Å². The quantitative estimate of drug-likeness (QED) is 0.560. The van der Waals surface area contributed by atoms with E-state index in [0.29, 0.717) is 6.04 Å². The molecule has 0 aromatic carbocycles. The molecule has 0 aliphatic heterocycles. The Labute approximate surface area is 125 Å². The van der Waals surface area contributed by atoms with Crippen molar-refractivity contribution in [2.75, 3.05) is 33.4 Å². The van der Waals surface area contributed by atoms with E-state index in [1.807, 2.05) is 6.92 Å². The summed E-state index contributed by atoms with van der Waals surface area (Å²) >= 11 is 0. The summed E-state index contributed by atoms with van der Waals surface area (Å²) in [4.78, 5) is 2.44. The van der Waals surface area contributed by atoms with Gasteiger partial charge in [0.25, 0.3) is 0 Å². The van der Waals surface area contributed by atoms with Gasteiger partial charge in [-0.3, -0.25) is 10.2 Å². The average Bonchev–Trinajstić information content (AvgIpc) is 2.44. The monoisotopic (exact) mass is 283 g/mol. The number of unbranched alkanes of at least 4 members (excludes halogenated alkanes) is 1. The fourth-order valence-electron chi connectivity index (χ4n) is 2.21. The molecule has 0 rings (SSSR count). The highest BCUT2D eigenvalue weighted by molar-refractivity contribution is 5.03. The molecule has 0 aliphatic carbocycles. The highest BCUT2D eigenvalue weighted by Crippen LogP contribution is 2.14. The molecule has 0 heterocycles. The largest absolute Gasteiger partial charge is 0.383 e. The Bertz CT molecular complexity index is 275. The zero-order chi connectivity index (χ0) is 15.4. The van der Waals surface area contributed by atoms with Crippen molar-refractivity contribution in [3.05, 3.63) is 0 Å². The van der Waals surface area contributed by atoms with Crippen LogP contribution in [0.15, 0.2) is 0 Å². The molecule has 4 heteroatoms. The predicted molar refractivity (Wildman–Crippen MR) is 84.7 cm³/mol. The van der Waals surface area contributed by atoms with Gasteiger partial charge in [-0.2, -0.15) is 5.26 Å². The first kappa shape index (κ1) is 19.4. The van der Waals surface area contributed by atoms with Gasteiger partial charge in [-0.1, -0.05) is 6.92 Å². The normalized spacial score (nSPS) is 14.5. The minimum atomic E-state index is -0.370. The van der Waals surface area contributed by atoms with E-state index in [2.05, 4.69) is 37.1 Å². The first-order chi connectivity index (χ1) is 9.49. The standard InChI is InChI=1S/C16H33N3O/c1-6-10-18-16(4,14-17)9-7-8-11-19(15(2)3)12-13-20-5/h15,18H,6-13H2,1-5H3. The van der Waals surface area contributed by atoms with E-state index in [1.165, 1.54) is 0 Å². The number of ether oxygens (including phenoxy) is 1. The van der Waals surface area contributed by atoms with Crippen LogP contribution in [0.5, 0.6) is 0 Å². The highest BCUT2D eigenvalue weighted by Gasteiger charge is 2.21. The van der Waals surface area contributed by atoms with E-state index in [1.54, 1.807) is 7.11 Å². The van der Waals surface area contributed by atoms with Crippen LogP contribution in [0, 0.1) is 11.3 Å². The summed E-state index contributed by atoms with van der Waals surface area (Å²) in [6.07, 6.45) is 4.19. The molecule has 0 saturated carbocycles. The minimum absolute atomic E-state index is 0.370. The van der Waals surface area contributed by atoms with Crippen LogP contribution in [0.25, 0.3) is 0 Å². The average molecular weight is 283 g/mol. The van der Waals surface area contributed by atoms with Gasteiger partial charge in [0, 0.05) is 19.7 Å². The van der Waals surface area contributed by atoms with Gasteiger partial charge >= 0.3 is 0 Å². The first-order valence-electron chi connectivity index (χ1n) is 7.88. The summed E-state index contributed by atoms with van der Waals surface area (Å²) < 4.78 is 5.15. The molecule has 1 atom stereocenters. The van der Waals surface area contributed by atoms with Gasteiger partial charge in [0.1, 0.15) is 5.54 Å². The van der Waals surface area contributed by atoms with E-state index in [-0.39, 0.29) is 5.54 Å². The molecular weight excluding hydrogens is 250 g/mol. The summed E-state index contributed by atoms with van der Waals surface area (Å²) in [7, 11) is 1.75. The van der Waals surface area contributed by atoms with Gasteiger partial charge in [-0.25, -0.2) is 0 Å². The van der Waals surface area contributed by atoms with Crippen LogP contribution in [0.2, 0.25) is 0 Å². The maximum Gasteiger partial charge on any atom is 0.103 e. The van der Waals surface area contributed by atoms with Crippen molar-refractivity contribution in [1.82, 2.24) is 10.2 Å². The maximum atomic E-state index is 9.29. The van der Waals surface area contributed by atoms with Crippen molar-refractivity contribution in [1.29, 1.82) is 5.26 Å². The van der Waals surface area contributed by atoms with Gasteiger partial charge in [0.05, 0.1) is 12.7 Å². The third-order valence-corrected chi connectivity index (χ3v) is 3.70. The molecule has 118 valence electrons. The highest BCUT2D eigenvalue weighted by atomic mass is 16.5. The zero-order valence-electron chi connectivity index (χ0n) is 14.0. The zero-order valence-corrected chi connectivity index (χ0v) is 14.0. The van der Waals surface area contributed by atoms with Crippen molar-refractivity contribution in [3.63, 3.8) is 0 Å². The number of hydrogen-bond acceptors (Lipinski definition) is 4. The maximum absolute atomic E-state index is 9.29. The van der Waals surface area contributed by atoms with Gasteiger partial charge in [-0.15, -0.1) is 0 Å². The molecule has 20 heavy (non-hydrogen) atoms. The molecule has 0 amide bonds. The molecule has 0 radical (unpaired) electrons. The lowest BCUT2D eigenvalue weighted by Gasteiger charge is -2.27. The Morgan fingerprint density at radius 1 is 1.30 bits per heavy atom. The van der Waals surface area contributed by atoms with Gasteiger partial charge < -0.3 is 4.74 Å². The second kappa shape index (κ2) is 11.1. The third kappa shape index (κ3) is 8.52.